The summed E-state index contributed by atoms with van der Waals surface area (Å²) in [6, 6.07) is 14.0. The van der Waals surface area contributed by atoms with Crippen LogP contribution >= 0.6 is 11.8 Å². The molecule has 1 N–H and O–H groups in total. The number of rotatable bonds is 8. The number of nitrogens with one attached hydrogen (secondary N) is 1. The van der Waals surface area contributed by atoms with E-state index in [1.807, 2.05) is 38.1 Å². The number of benzene rings is 2. The third kappa shape index (κ3) is 6.19. The minimum absolute atomic E-state index is 0.0522. The standard InChI is InChI=1S/C20H22FNO3S/c1-3-17(15-10-8-14(2)9-11-15)22-19(23)12-25-20(24)13-26-18-7-5-4-6-16(18)21/h4-11,17H,3,12-13H2,1-2H3,(H,22,23)/t17-/m0/s1. The van der Waals surface area contributed by atoms with Crippen molar-refractivity contribution in [3.63, 3.8) is 0 Å². The predicted octanol–water partition coefficient (Wildman–Crippen LogP) is 4.04. The van der Waals surface area contributed by atoms with Gasteiger partial charge in [-0.25, -0.2) is 4.39 Å². The lowest BCUT2D eigenvalue weighted by Crippen LogP contribution is -2.32. The summed E-state index contributed by atoms with van der Waals surface area (Å²) in [6.07, 6.45) is 0.728. The van der Waals surface area contributed by atoms with Crippen molar-refractivity contribution in [2.75, 3.05) is 12.4 Å². The van der Waals surface area contributed by atoms with Gasteiger partial charge in [-0.15, -0.1) is 11.8 Å². The van der Waals surface area contributed by atoms with Gasteiger partial charge in [-0.2, -0.15) is 0 Å². The first kappa shape index (κ1) is 20.0. The summed E-state index contributed by atoms with van der Waals surface area (Å²) in [5.74, 6) is -1.35. The van der Waals surface area contributed by atoms with Gasteiger partial charge in [0.25, 0.3) is 5.91 Å². The van der Waals surface area contributed by atoms with E-state index in [9.17, 15) is 14.0 Å². The van der Waals surface area contributed by atoms with Crippen molar-refractivity contribution in [2.24, 2.45) is 0 Å². The summed E-state index contributed by atoms with van der Waals surface area (Å²) in [7, 11) is 0. The highest BCUT2D eigenvalue weighted by Crippen LogP contribution is 2.21. The maximum atomic E-state index is 13.5. The summed E-state index contributed by atoms with van der Waals surface area (Å²) in [5, 5.41) is 2.86. The van der Waals surface area contributed by atoms with E-state index in [-0.39, 0.29) is 30.1 Å². The predicted molar refractivity (Wildman–Crippen MR) is 100 cm³/mol. The average molecular weight is 375 g/mol. The Kier molecular flexibility index (Phi) is 7.66. The second-order valence-corrected chi connectivity index (χ2v) is 6.84. The molecule has 1 atom stereocenters. The van der Waals surface area contributed by atoms with Crippen LogP contribution in [0.3, 0.4) is 0 Å². The Morgan fingerprint density at radius 3 is 2.50 bits per heavy atom. The maximum Gasteiger partial charge on any atom is 0.316 e. The fourth-order valence-corrected chi connectivity index (χ4v) is 3.08. The number of ether oxygens (including phenoxy) is 1. The molecule has 0 spiro atoms. The number of halogens is 1. The molecule has 0 aromatic heterocycles. The summed E-state index contributed by atoms with van der Waals surface area (Å²) in [5.41, 5.74) is 2.16. The van der Waals surface area contributed by atoms with Crippen LogP contribution in [0.1, 0.15) is 30.5 Å². The highest BCUT2D eigenvalue weighted by Gasteiger charge is 2.14. The fourth-order valence-electron chi connectivity index (χ4n) is 2.34. The van der Waals surface area contributed by atoms with Gasteiger partial charge in [0, 0.05) is 4.90 Å². The van der Waals surface area contributed by atoms with Crippen LogP contribution in [0.4, 0.5) is 4.39 Å². The molecule has 4 nitrogen and oxygen atoms in total. The third-order valence-electron chi connectivity index (χ3n) is 3.77. The lowest BCUT2D eigenvalue weighted by Gasteiger charge is -2.17. The number of thioether (sulfide) groups is 1. The molecule has 0 heterocycles. The van der Waals surface area contributed by atoms with E-state index in [0.29, 0.717) is 4.90 Å². The molecule has 0 fully saturated rings. The maximum absolute atomic E-state index is 13.5. The van der Waals surface area contributed by atoms with E-state index in [2.05, 4.69) is 5.32 Å². The third-order valence-corrected chi connectivity index (χ3v) is 4.79. The van der Waals surface area contributed by atoms with Gasteiger partial charge in [0.1, 0.15) is 5.82 Å². The van der Waals surface area contributed by atoms with Crippen molar-refractivity contribution in [2.45, 2.75) is 31.2 Å². The Morgan fingerprint density at radius 1 is 1.15 bits per heavy atom. The number of hydrogen-bond donors (Lipinski definition) is 1. The Labute approximate surface area is 157 Å². The molecule has 0 aliphatic carbocycles. The second kappa shape index (κ2) is 9.97. The molecule has 6 heteroatoms. The second-order valence-electron chi connectivity index (χ2n) is 5.82. The summed E-state index contributed by atoms with van der Waals surface area (Å²) in [6.45, 7) is 3.63. The largest absolute Gasteiger partial charge is 0.455 e. The topological polar surface area (TPSA) is 55.4 Å². The van der Waals surface area contributed by atoms with Crippen molar-refractivity contribution in [1.82, 2.24) is 5.32 Å². The molecule has 2 rings (SSSR count). The number of hydrogen-bond acceptors (Lipinski definition) is 4. The molecule has 1 amide bonds. The van der Waals surface area contributed by atoms with Gasteiger partial charge in [-0.1, -0.05) is 48.9 Å². The molecule has 0 aliphatic heterocycles. The van der Waals surface area contributed by atoms with Gasteiger partial charge in [0.2, 0.25) is 0 Å². The molecular weight excluding hydrogens is 353 g/mol. The summed E-state index contributed by atoms with van der Waals surface area (Å²) in [4.78, 5) is 24.2. The molecular formula is C20H22FNO3S. The molecule has 26 heavy (non-hydrogen) atoms. The van der Waals surface area contributed by atoms with E-state index in [1.54, 1.807) is 18.2 Å². The van der Waals surface area contributed by atoms with Crippen molar-refractivity contribution in [3.8, 4) is 0 Å². The summed E-state index contributed by atoms with van der Waals surface area (Å²) >= 11 is 1.04. The van der Waals surface area contributed by atoms with Crippen molar-refractivity contribution in [1.29, 1.82) is 0 Å². The van der Waals surface area contributed by atoms with E-state index in [4.69, 9.17) is 4.74 Å². The molecule has 0 unspecified atom stereocenters. The lowest BCUT2D eigenvalue weighted by molar-refractivity contribution is -0.146. The van der Waals surface area contributed by atoms with Crippen LogP contribution in [-0.2, 0) is 14.3 Å². The van der Waals surface area contributed by atoms with E-state index >= 15 is 0 Å². The first-order valence-electron chi connectivity index (χ1n) is 8.38. The molecule has 0 saturated carbocycles. The van der Waals surface area contributed by atoms with Crippen molar-refractivity contribution < 1.29 is 18.7 Å². The Hall–Kier alpha value is -2.34. The first-order valence-corrected chi connectivity index (χ1v) is 9.37. The van der Waals surface area contributed by atoms with Crippen molar-refractivity contribution in [3.05, 3.63) is 65.5 Å². The smallest absolute Gasteiger partial charge is 0.316 e. The van der Waals surface area contributed by atoms with Crippen LogP contribution in [0.25, 0.3) is 0 Å². The Balaban J connectivity index is 1.77. The quantitative estimate of drug-likeness (QED) is 0.559. The molecule has 0 bridgehead atoms. The highest BCUT2D eigenvalue weighted by atomic mass is 32.2. The number of amides is 1. The Morgan fingerprint density at radius 2 is 1.85 bits per heavy atom. The van der Waals surface area contributed by atoms with Gasteiger partial charge in [-0.05, 0) is 31.0 Å². The fraction of sp³-hybridized carbons (Fsp3) is 0.300. The number of carbonyl (C=O) groups is 2. The van der Waals surface area contributed by atoms with Crippen LogP contribution in [0.5, 0.6) is 0 Å². The van der Waals surface area contributed by atoms with Crippen LogP contribution in [-0.4, -0.2) is 24.2 Å². The number of carbonyl (C=O) groups excluding carboxylic acids is 2. The van der Waals surface area contributed by atoms with Crippen LogP contribution < -0.4 is 5.32 Å². The first-order chi connectivity index (χ1) is 12.5. The minimum Gasteiger partial charge on any atom is -0.455 e. The van der Waals surface area contributed by atoms with E-state index < -0.39 is 5.97 Å². The zero-order valence-corrected chi connectivity index (χ0v) is 15.6. The molecule has 0 radical (unpaired) electrons. The van der Waals surface area contributed by atoms with E-state index in [0.717, 1.165) is 29.3 Å². The molecule has 138 valence electrons. The Bertz CT molecular complexity index is 749. The van der Waals surface area contributed by atoms with Gasteiger partial charge in [0.15, 0.2) is 6.61 Å². The van der Waals surface area contributed by atoms with Crippen LogP contribution in [0.15, 0.2) is 53.4 Å². The minimum atomic E-state index is -0.559. The van der Waals surface area contributed by atoms with Gasteiger partial charge < -0.3 is 10.1 Å². The SMILES string of the molecule is CC[C@H](NC(=O)COC(=O)CSc1ccccc1F)c1ccc(C)cc1. The summed E-state index contributed by atoms with van der Waals surface area (Å²) < 4.78 is 18.5. The van der Waals surface area contributed by atoms with Gasteiger partial charge in [0.05, 0.1) is 11.8 Å². The number of esters is 1. The molecule has 2 aromatic rings. The molecule has 0 saturated heterocycles. The average Bonchev–Trinajstić information content (AvgIpc) is 2.64. The van der Waals surface area contributed by atoms with Crippen LogP contribution in [0.2, 0.25) is 0 Å². The molecule has 0 aliphatic rings. The van der Waals surface area contributed by atoms with Crippen molar-refractivity contribution >= 4 is 23.6 Å². The zero-order valence-electron chi connectivity index (χ0n) is 14.8. The van der Waals surface area contributed by atoms with E-state index in [1.165, 1.54) is 6.07 Å². The van der Waals surface area contributed by atoms with Crippen LogP contribution in [0, 0.1) is 12.7 Å². The number of aryl methyl sites for hydroxylation is 1. The zero-order chi connectivity index (χ0) is 18.9. The monoisotopic (exact) mass is 375 g/mol. The lowest BCUT2D eigenvalue weighted by atomic mass is 10.0. The van der Waals surface area contributed by atoms with Gasteiger partial charge in [-0.3, -0.25) is 9.59 Å². The highest BCUT2D eigenvalue weighted by molar-refractivity contribution is 8.00. The molecule has 2 aromatic carbocycles. The van der Waals surface area contributed by atoms with Gasteiger partial charge >= 0.3 is 5.97 Å². The normalized spacial score (nSPS) is 11.7.